The summed E-state index contributed by atoms with van der Waals surface area (Å²) < 4.78 is 11.4. The standard InChI is InChI=1S/C26H22ClNO4/c1-16-22(31-24(29)15-18-4-8-19(27)9-5-18)13-12-21-25(30)23(32-26(16)21)14-17-6-10-20(11-7-17)28(2)3/h4-14H,15H2,1-3H3/b23-14-. The highest BCUT2D eigenvalue weighted by Gasteiger charge is 2.30. The SMILES string of the molecule is Cc1c(OC(=O)Cc2ccc(Cl)cc2)ccc2c1O/C(=C\c1ccc(N(C)C)cc1)C2=O. The molecule has 0 unspecified atom stereocenters. The zero-order chi connectivity index (χ0) is 22.8. The number of allylic oxidation sites excluding steroid dienone is 1. The van der Waals surface area contributed by atoms with Crippen molar-refractivity contribution in [1.82, 2.24) is 0 Å². The highest BCUT2D eigenvalue weighted by atomic mass is 35.5. The molecule has 6 heteroatoms. The van der Waals surface area contributed by atoms with Gasteiger partial charge < -0.3 is 14.4 Å². The molecule has 32 heavy (non-hydrogen) atoms. The number of carbonyl (C=O) groups excluding carboxylic acids is 2. The van der Waals surface area contributed by atoms with Crippen molar-refractivity contribution in [3.05, 3.63) is 93.7 Å². The van der Waals surface area contributed by atoms with Crippen molar-refractivity contribution >= 4 is 35.1 Å². The van der Waals surface area contributed by atoms with Crippen LogP contribution in [0.15, 0.2) is 66.4 Å². The molecule has 4 rings (SSSR count). The van der Waals surface area contributed by atoms with Gasteiger partial charge in [0, 0.05) is 30.4 Å². The number of hydrogen-bond donors (Lipinski definition) is 0. The molecule has 0 N–H and O–H groups in total. The molecule has 1 aliphatic rings. The minimum absolute atomic E-state index is 0.113. The van der Waals surface area contributed by atoms with E-state index in [9.17, 15) is 9.59 Å². The van der Waals surface area contributed by atoms with E-state index in [-0.39, 0.29) is 18.0 Å². The smallest absolute Gasteiger partial charge is 0.315 e. The third-order valence-corrected chi connectivity index (χ3v) is 5.48. The maximum Gasteiger partial charge on any atom is 0.315 e. The van der Waals surface area contributed by atoms with Gasteiger partial charge in [-0.15, -0.1) is 0 Å². The molecular weight excluding hydrogens is 426 g/mol. The lowest BCUT2D eigenvalue weighted by Gasteiger charge is -2.12. The van der Waals surface area contributed by atoms with E-state index in [1.165, 1.54) is 0 Å². The molecule has 0 spiro atoms. The second-order valence-corrected chi connectivity index (χ2v) is 8.20. The second-order valence-electron chi connectivity index (χ2n) is 7.77. The number of anilines is 1. The zero-order valence-electron chi connectivity index (χ0n) is 18.0. The van der Waals surface area contributed by atoms with Crippen LogP contribution in [0.4, 0.5) is 5.69 Å². The van der Waals surface area contributed by atoms with Crippen LogP contribution in [0.2, 0.25) is 5.02 Å². The first-order valence-corrected chi connectivity index (χ1v) is 10.5. The summed E-state index contributed by atoms with van der Waals surface area (Å²) in [6, 6.07) is 18.1. The minimum Gasteiger partial charge on any atom is -0.452 e. The molecule has 0 saturated heterocycles. The topological polar surface area (TPSA) is 55.8 Å². The van der Waals surface area contributed by atoms with Crippen LogP contribution in [0.1, 0.15) is 27.0 Å². The molecule has 0 bridgehead atoms. The Morgan fingerprint density at radius 3 is 2.38 bits per heavy atom. The van der Waals surface area contributed by atoms with Crippen molar-refractivity contribution in [2.45, 2.75) is 13.3 Å². The van der Waals surface area contributed by atoms with Crippen molar-refractivity contribution in [1.29, 1.82) is 0 Å². The quantitative estimate of drug-likeness (QED) is 0.294. The van der Waals surface area contributed by atoms with Crippen LogP contribution >= 0.6 is 11.6 Å². The summed E-state index contributed by atoms with van der Waals surface area (Å²) in [7, 11) is 3.94. The predicted octanol–water partition coefficient (Wildman–Crippen LogP) is 5.48. The van der Waals surface area contributed by atoms with Gasteiger partial charge in [-0.1, -0.05) is 35.9 Å². The Morgan fingerprint density at radius 1 is 1.03 bits per heavy atom. The number of benzene rings is 3. The molecule has 0 radical (unpaired) electrons. The summed E-state index contributed by atoms with van der Waals surface area (Å²) in [5, 5.41) is 0.607. The molecule has 1 aliphatic heterocycles. The first kappa shape index (κ1) is 21.7. The first-order valence-electron chi connectivity index (χ1n) is 10.1. The van der Waals surface area contributed by atoms with Crippen LogP contribution in [0.5, 0.6) is 11.5 Å². The lowest BCUT2D eigenvalue weighted by molar-refractivity contribution is -0.133. The number of ether oxygens (including phenoxy) is 2. The number of rotatable bonds is 5. The van der Waals surface area contributed by atoms with Crippen molar-refractivity contribution in [2.75, 3.05) is 19.0 Å². The van der Waals surface area contributed by atoms with Crippen LogP contribution in [-0.4, -0.2) is 25.8 Å². The average Bonchev–Trinajstić information content (AvgIpc) is 3.08. The molecule has 5 nitrogen and oxygen atoms in total. The van der Waals surface area contributed by atoms with Crippen molar-refractivity contribution < 1.29 is 19.1 Å². The number of carbonyl (C=O) groups is 2. The molecular formula is C26H22ClNO4. The molecule has 162 valence electrons. The Labute approximate surface area is 191 Å². The van der Waals surface area contributed by atoms with Gasteiger partial charge >= 0.3 is 5.97 Å². The summed E-state index contributed by atoms with van der Waals surface area (Å²) in [4.78, 5) is 27.2. The fourth-order valence-corrected chi connectivity index (χ4v) is 3.55. The van der Waals surface area contributed by atoms with Gasteiger partial charge in [0.2, 0.25) is 5.78 Å². The van der Waals surface area contributed by atoms with Crippen LogP contribution < -0.4 is 14.4 Å². The van der Waals surface area contributed by atoms with E-state index in [0.29, 0.717) is 27.6 Å². The number of halogens is 1. The van der Waals surface area contributed by atoms with E-state index in [1.807, 2.05) is 43.3 Å². The summed E-state index contributed by atoms with van der Waals surface area (Å²) in [5.74, 6) is 0.427. The third kappa shape index (κ3) is 4.53. The van der Waals surface area contributed by atoms with Gasteiger partial charge in [-0.3, -0.25) is 9.59 Å². The Kier molecular flexibility index (Phi) is 6.01. The van der Waals surface area contributed by atoms with Gasteiger partial charge in [0.25, 0.3) is 0 Å². The molecule has 0 aliphatic carbocycles. The third-order valence-electron chi connectivity index (χ3n) is 5.23. The molecule has 1 heterocycles. The van der Waals surface area contributed by atoms with Crippen LogP contribution in [0, 0.1) is 6.92 Å². The summed E-state index contributed by atoms with van der Waals surface area (Å²) in [5.41, 5.74) is 3.78. The highest BCUT2D eigenvalue weighted by molar-refractivity contribution is 6.30. The molecule has 0 amide bonds. The maximum absolute atomic E-state index is 12.8. The average molecular weight is 448 g/mol. The van der Waals surface area contributed by atoms with Gasteiger partial charge in [0.05, 0.1) is 12.0 Å². The fraction of sp³-hybridized carbons (Fsp3) is 0.154. The van der Waals surface area contributed by atoms with Gasteiger partial charge in [-0.2, -0.15) is 0 Å². The lowest BCUT2D eigenvalue weighted by atomic mass is 10.1. The molecule has 3 aromatic rings. The molecule has 0 fully saturated rings. The van der Waals surface area contributed by atoms with Crippen LogP contribution in [0.25, 0.3) is 6.08 Å². The Morgan fingerprint density at radius 2 is 1.72 bits per heavy atom. The molecule has 0 saturated carbocycles. The van der Waals surface area contributed by atoms with E-state index in [4.69, 9.17) is 21.1 Å². The highest BCUT2D eigenvalue weighted by Crippen LogP contribution is 2.39. The normalized spacial score (nSPS) is 13.6. The summed E-state index contributed by atoms with van der Waals surface area (Å²) in [6.07, 6.45) is 1.83. The molecule has 0 atom stereocenters. The maximum atomic E-state index is 12.8. The summed E-state index contributed by atoms with van der Waals surface area (Å²) in [6.45, 7) is 1.77. The fourth-order valence-electron chi connectivity index (χ4n) is 3.43. The van der Waals surface area contributed by atoms with Crippen LogP contribution in [0.3, 0.4) is 0 Å². The number of Topliss-reactive ketones (excluding diaryl/α,β-unsaturated/α-hetero) is 1. The van der Waals surface area contributed by atoms with E-state index >= 15 is 0 Å². The van der Waals surface area contributed by atoms with Crippen molar-refractivity contribution in [3.63, 3.8) is 0 Å². The van der Waals surface area contributed by atoms with Gasteiger partial charge in [-0.25, -0.2) is 0 Å². The van der Waals surface area contributed by atoms with E-state index in [0.717, 1.165) is 16.8 Å². The molecule has 3 aromatic carbocycles. The number of fused-ring (bicyclic) bond motifs is 1. The Bertz CT molecular complexity index is 1210. The van der Waals surface area contributed by atoms with Gasteiger partial charge in [-0.05, 0) is 60.5 Å². The number of esters is 1. The minimum atomic E-state index is -0.406. The largest absolute Gasteiger partial charge is 0.452 e. The predicted molar refractivity (Wildman–Crippen MR) is 126 cm³/mol. The Balaban J connectivity index is 1.51. The first-order chi connectivity index (χ1) is 15.3. The molecule has 0 aromatic heterocycles. The van der Waals surface area contributed by atoms with Crippen molar-refractivity contribution in [2.24, 2.45) is 0 Å². The van der Waals surface area contributed by atoms with E-state index in [1.54, 1.807) is 49.4 Å². The van der Waals surface area contributed by atoms with E-state index < -0.39 is 5.97 Å². The lowest BCUT2D eigenvalue weighted by Crippen LogP contribution is -2.12. The van der Waals surface area contributed by atoms with Crippen molar-refractivity contribution in [3.8, 4) is 11.5 Å². The van der Waals surface area contributed by atoms with Gasteiger partial charge in [0.1, 0.15) is 11.5 Å². The summed E-state index contributed by atoms with van der Waals surface area (Å²) >= 11 is 5.88. The zero-order valence-corrected chi connectivity index (χ0v) is 18.8. The van der Waals surface area contributed by atoms with E-state index in [2.05, 4.69) is 0 Å². The Hall–Kier alpha value is -3.57. The number of nitrogens with zero attached hydrogens (tertiary/aromatic N) is 1. The number of ketones is 1. The van der Waals surface area contributed by atoms with Gasteiger partial charge in [0.15, 0.2) is 5.76 Å². The van der Waals surface area contributed by atoms with Crippen LogP contribution in [-0.2, 0) is 11.2 Å². The number of hydrogen-bond acceptors (Lipinski definition) is 5. The second kappa shape index (κ2) is 8.89. The monoisotopic (exact) mass is 447 g/mol.